The number of hydrogen-bond donors (Lipinski definition) is 1. The van der Waals surface area contributed by atoms with E-state index < -0.39 is 0 Å². The van der Waals surface area contributed by atoms with Gasteiger partial charge in [0.05, 0.1) is 0 Å². The molecule has 1 saturated carbocycles. The van der Waals surface area contributed by atoms with E-state index in [4.69, 9.17) is 0 Å². The highest BCUT2D eigenvalue weighted by atomic mass is 14.9. The van der Waals surface area contributed by atoms with Crippen LogP contribution in [-0.2, 0) is 6.42 Å². The maximum absolute atomic E-state index is 3.61. The van der Waals surface area contributed by atoms with Crippen molar-refractivity contribution in [3.63, 3.8) is 0 Å². The summed E-state index contributed by atoms with van der Waals surface area (Å²) in [6, 6.07) is 9.67. The molecule has 0 aliphatic heterocycles. The Morgan fingerprint density at radius 3 is 2.67 bits per heavy atom. The summed E-state index contributed by atoms with van der Waals surface area (Å²) in [4.78, 5) is 0. The Morgan fingerprint density at radius 1 is 1.28 bits per heavy atom. The van der Waals surface area contributed by atoms with Crippen LogP contribution in [0.5, 0.6) is 0 Å². The molecule has 2 atom stereocenters. The molecule has 2 aliphatic rings. The fourth-order valence-electron chi connectivity index (χ4n) is 4.14. The first-order chi connectivity index (χ1) is 8.73. The normalized spacial score (nSPS) is 26.4. The van der Waals surface area contributed by atoms with E-state index in [1.165, 1.54) is 38.5 Å². The zero-order chi connectivity index (χ0) is 12.6. The molecule has 2 aliphatic carbocycles. The first kappa shape index (κ1) is 12.2. The Kier molecular flexibility index (Phi) is 3.19. The van der Waals surface area contributed by atoms with E-state index in [-0.39, 0.29) is 0 Å². The number of rotatable bonds is 4. The molecule has 3 rings (SSSR count). The van der Waals surface area contributed by atoms with Crippen molar-refractivity contribution in [1.29, 1.82) is 0 Å². The van der Waals surface area contributed by atoms with Gasteiger partial charge in [-0.1, -0.05) is 44.0 Å². The summed E-state index contributed by atoms with van der Waals surface area (Å²) < 4.78 is 0. The molecule has 0 bridgehead atoms. The Hall–Kier alpha value is -0.820. The van der Waals surface area contributed by atoms with E-state index in [1.807, 2.05) is 0 Å². The molecule has 1 aromatic carbocycles. The summed E-state index contributed by atoms with van der Waals surface area (Å²) in [5.41, 5.74) is 3.73. The van der Waals surface area contributed by atoms with Gasteiger partial charge in [-0.05, 0) is 55.2 Å². The molecule has 98 valence electrons. The lowest BCUT2D eigenvalue weighted by atomic mass is 9.69. The van der Waals surface area contributed by atoms with Crippen LogP contribution in [0.3, 0.4) is 0 Å². The minimum atomic E-state index is 0.541. The standard InChI is InChI=1S/C17H25N/c1-17(9-5-6-10-17)16(18-2)12-14-11-13-7-3-4-8-15(13)14/h3-4,7-8,14,16,18H,5-6,9-12H2,1-2H3. The van der Waals surface area contributed by atoms with Gasteiger partial charge in [0, 0.05) is 6.04 Å². The summed E-state index contributed by atoms with van der Waals surface area (Å²) in [5.74, 6) is 0.802. The Balaban J connectivity index is 1.69. The van der Waals surface area contributed by atoms with Crippen LogP contribution >= 0.6 is 0 Å². The van der Waals surface area contributed by atoms with Crippen molar-refractivity contribution in [1.82, 2.24) is 5.32 Å². The van der Waals surface area contributed by atoms with E-state index in [0.717, 1.165) is 5.92 Å². The second kappa shape index (κ2) is 4.70. The molecule has 0 heterocycles. The molecule has 0 amide bonds. The molecular formula is C17H25N. The third-order valence-electron chi connectivity index (χ3n) is 5.42. The summed E-state index contributed by atoms with van der Waals surface area (Å²) in [6.07, 6.45) is 8.29. The molecule has 1 fully saturated rings. The van der Waals surface area contributed by atoms with Crippen LogP contribution in [0, 0.1) is 5.41 Å². The average molecular weight is 243 g/mol. The monoisotopic (exact) mass is 243 g/mol. The molecule has 0 aromatic heterocycles. The largest absolute Gasteiger partial charge is 0.316 e. The molecule has 2 unspecified atom stereocenters. The van der Waals surface area contributed by atoms with Crippen molar-refractivity contribution in [2.24, 2.45) is 5.41 Å². The molecular weight excluding hydrogens is 218 g/mol. The van der Waals surface area contributed by atoms with E-state index in [9.17, 15) is 0 Å². The molecule has 0 spiro atoms. The first-order valence-electron chi connectivity index (χ1n) is 7.48. The average Bonchev–Trinajstić information content (AvgIpc) is 2.79. The van der Waals surface area contributed by atoms with Gasteiger partial charge in [-0.3, -0.25) is 0 Å². The van der Waals surface area contributed by atoms with Gasteiger partial charge >= 0.3 is 0 Å². The van der Waals surface area contributed by atoms with Crippen LogP contribution < -0.4 is 5.32 Å². The van der Waals surface area contributed by atoms with E-state index >= 15 is 0 Å². The fourth-order valence-corrected chi connectivity index (χ4v) is 4.14. The summed E-state index contributed by atoms with van der Waals surface area (Å²) in [7, 11) is 2.15. The lowest BCUT2D eigenvalue weighted by Crippen LogP contribution is -2.42. The highest BCUT2D eigenvalue weighted by Gasteiger charge is 2.39. The minimum Gasteiger partial charge on any atom is -0.316 e. The molecule has 1 heteroatoms. The number of hydrogen-bond acceptors (Lipinski definition) is 1. The Morgan fingerprint density at radius 2 is 2.00 bits per heavy atom. The highest BCUT2D eigenvalue weighted by Crippen LogP contribution is 2.46. The van der Waals surface area contributed by atoms with E-state index in [0.29, 0.717) is 11.5 Å². The van der Waals surface area contributed by atoms with Gasteiger partial charge in [0.2, 0.25) is 0 Å². The van der Waals surface area contributed by atoms with Crippen LogP contribution in [0.1, 0.15) is 56.1 Å². The predicted octanol–water partition coefficient (Wildman–Crippen LogP) is 3.88. The Bertz CT molecular complexity index is 417. The third-order valence-corrected chi connectivity index (χ3v) is 5.42. The number of nitrogens with one attached hydrogen (secondary N) is 1. The van der Waals surface area contributed by atoms with E-state index in [1.54, 1.807) is 11.1 Å². The maximum Gasteiger partial charge on any atom is 0.0124 e. The number of fused-ring (bicyclic) bond motifs is 1. The second-order valence-electron chi connectivity index (χ2n) is 6.54. The number of benzene rings is 1. The summed E-state index contributed by atoms with van der Waals surface area (Å²) in [6.45, 7) is 2.49. The van der Waals surface area contributed by atoms with Gasteiger partial charge in [0.1, 0.15) is 0 Å². The van der Waals surface area contributed by atoms with Crippen molar-refractivity contribution in [2.45, 2.75) is 57.4 Å². The van der Waals surface area contributed by atoms with Gasteiger partial charge in [-0.2, -0.15) is 0 Å². The quantitative estimate of drug-likeness (QED) is 0.846. The topological polar surface area (TPSA) is 12.0 Å². The molecule has 0 saturated heterocycles. The second-order valence-corrected chi connectivity index (χ2v) is 6.54. The smallest absolute Gasteiger partial charge is 0.0124 e. The Labute approximate surface area is 111 Å². The zero-order valence-corrected chi connectivity index (χ0v) is 11.7. The van der Waals surface area contributed by atoms with Crippen LogP contribution in [0.4, 0.5) is 0 Å². The predicted molar refractivity (Wildman–Crippen MR) is 76.9 cm³/mol. The SMILES string of the molecule is CNC(CC1Cc2ccccc21)C1(C)CCCC1. The van der Waals surface area contributed by atoms with Crippen molar-refractivity contribution in [3.05, 3.63) is 35.4 Å². The van der Waals surface area contributed by atoms with Crippen molar-refractivity contribution in [3.8, 4) is 0 Å². The molecule has 1 N–H and O–H groups in total. The van der Waals surface area contributed by atoms with Crippen molar-refractivity contribution in [2.75, 3.05) is 7.05 Å². The van der Waals surface area contributed by atoms with Crippen LogP contribution in [0.15, 0.2) is 24.3 Å². The maximum atomic E-state index is 3.61. The van der Waals surface area contributed by atoms with E-state index in [2.05, 4.69) is 43.6 Å². The van der Waals surface area contributed by atoms with Gasteiger partial charge < -0.3 is 5.32 Å². The molecule has 18 heavy (non-hydrogen) atoms. The van der Waals surface area contributed by atoms with Crippen molar-refractivity contribution < 1.29 is 0 Å². The van der Waals surface area contributed by atoms with Gasteiger partial charge in [0.15, 0.2) is 0 Å². The molecule has 1 aromatic rings. The first-order valence-corrected chi connectivity index (χ1v) is 7.48. The van der Waals surface area contributed by atoms with Crippen LogP contribution in [-0.4, -0.2) is 13.1 Å². The zero-order valence-electron chi connectivity index (χ0n) is 11.7. The molecule has 0 radical (unpaired) electrons. The van der Waals surface area contributed by atoms with Gasteiger partial charge in [-0.25, -0.2) is 0 Å². The summed E-state index contributed by atoms with van der Waals surface area (Å²) in [5, 5.41) is 3.61. The van der Waals surface area contributed by atoms with Crippen molar-refractivity contribution >= 4 is 0 Å². The third kappa shape index (κ3) is 1.99. The summed E-state index contributed by atoms with van der Waals surface area (Å²) >= 11 is 0. The van der Waals surface area contributed by atoms with Crippen LogP contribution in [0.2, 0.25) is 0 Å². The molecule has 1 nitrogen and oxygen atoms in total. The van der Waals surface area contributed by atoms with Crippen LogP contribution in [0.25, 0.3) is 0 Å². The highest BCUT2D eigenvalue weighted by molar-refractivity contribution is 5.40. The van der Waals surface area contributed by atoms with Gasteiger partial charge in [0.25, 0.3) is 0 Å². The minimum absolute atomic E-state index is 0.541. The lowest BCUT2D eigenvalue weighted by molar-refractivity contribution is 0.206. The lowest BCUT2D eigenvalue weighted by Gasteiger charge is -2.40. The van der Waals surface area contributed by atoms with Gasteiger partial charge in [-0.15, -0.1) is 0 Å². The fraction of sp³-hybridized carbons (Fsp3) is 0.647.